The molecule has 2 aromatic carbocycles. The highest BCUT2D eigenvalue weighted by Crippen LogP contribution is 2.23. The van der Waals surface area contributed by atoms with Gasteiger partial charge >= 0.3 is 0 Å². The number of unbranched alkanes of at least 4 members (excludes halogenated alkanes) is 1. The van der Waals surface area contributed by atoms with Crippen molar-refractivity contribution in [2.75, 3.05) is 0 Å². The topological polar surface area (TPSA) is 17.1 Å². The molecule has 0 bridgehead atoms. The van der Waals surface area contributed by atoms with E-state index in [9.17, 15) is 4.79 Å². The number of hydrogen-bond acceptors (Lipinski definition) is 1. The monoisotopic (exact) mass is 296 g/mol. The van der Waals surface area contributed by atoms with Crippen LogP contribution in [-0.2, 0) is 0 Å². The largest absolute Gasteiger partial charge is 0.294 e. The predicted molar refractivity (Wildman–Crippen MR) is 95.7 cm³/mol. The van der Waals surface area contributed by atoms with Gasteiger partial charge in [0.25, 0.3) is 0 Å². The van der Waals surface area contributed by atoms with Crippen LogP contribution in [0.4, 0.5) is 0 Å². The average molecular weight is 296 g/mol. The van der Waals surface area contributed by atoms with Gasteiger partial charge in [0.2, 0.25) is 0 Å². The van der Waals surface area contributed by atoms with E-state index in [1.165, 1.54) is 17.4 Å². The Morgan fingerprint density at radius 2 is 1.59 bits per heavy atom. The van der Waals surface area contributed by atoms with E-state index in [1.54, 1.807) is 0 Å². The standard InChI is InChI=1S/C21H28O/c1-15(2)7-5-6-8-21(22)20-12-11-18-13-17(16(3)4)9-10-19(18)14-20/h9-16H,5-8H2,1-4H3. The Bertz CT molecular complexity index is 637. The van der Waals surface area contributed by atoms with Gasteiger partial charge in [0.05, 0.1) is 0 Å². The molecule has 1 nitrogen and oxygen atoms in total. The molecular formula is C21H28O. The second kappa shape index (κ2) is 7.58. The third-order valence-corrected chi connectivity index (χ3v) is 4.29. The molecule has 0 amide bonds. The summed E-state index contributed by atoms with van der Waals surface area (Å²) in [5.41, 5.74) is 2.20. The van der Waals surface area contributed by atoms with Gasteiger partial charge < -0.3 is 0 Å². The van der Waals surface area contributed by atoms with Gasteiger partial charge in [-0.05, 0) is 40.7 Å². The molecule has 22 heavy (non-hydrogen) atoms. The zero-order valence-electron chi connectivity index (χ0n) is 14.4. The van der Waals surface area contributed by atoms with Crippen LogP contribution in [0.25, 0.3) is 10.8 Å². The first kappa shape index (κ1) is 16.7. The average Bonchev–Trinajstić information content (AvgIpc) is 2.50. The minimum atomic E-state index is 0.276. The lowest BCUT2D eigenvalue weighted by Gasteiger charge is -2.08. The van der Waals surface area contributed by atoms with Gasteiger partial charge in [-0.2, -0.15) is 0 Å². The Kier molecular flexibility index (Phi) is 5.76. The quantitative estimate of drug-likeness (QED) is 0.429. The molecule has 2 rings (SSSR count). The van der Waals surface area contributed by atoms with E-state index in [0.717, 1.165) is 29.7 Å². The number of rotatable bonds is 7. The first-order valence-corrected chi connectivity index (χ1v) is 8.54. The molecule has 1 heteroatoms. The Labute approximate surface area is 134 Å². The van der Waals surface area contributed by atoms with Crippen molar-refractivity contribution in [3.05, 3.63) is 47.5 Å². The zero-order chi connectivity index (χ0) is 16.1. The molecule has 118 valence electrons. The van der Waals surface area contributed by atoms with E-state index >= 15 is 0 Å². The fourth-order valence-electron chi connectivity index (χ4n) is 2.78. The molecule has 0 fully saturated rings. The van der Waals surface area contributed by atoms with Gasteiger partial charge in [-0.25, -0.2) is 0 Å². The minimum Gasteiger partial charge on any atom is -0.294 e. The number of ketones is 1. The van der Waals surface area contributed by atoms with Crippen molar-refractivity contribution in [2.24, 2.45) is 5.92 Å². The molecule has 0 unspecified atom stereocenters. The van der Waals surface area contributed by atoms with Gasteiger partial charge in [-0.1, -0.05) is 70.9 Å². The van der Waals surface area contributed by atoms with Crippen molar-refractivity contribution in [1.82, 2.24) is 0 Å². The summed E-state index contributed by atoms with van der Waals surface area (Å²) in [7, 11) is 0. The first-order chi connectivity index (χ1) is 10.5. The van der Waals surface area contributed by atoms with Crippen LogP contribution in [0.1, 0.15) is 75.2 Å². The lowest BCUT2D eigenvalue weighted by Crippen LogP contribution is -1.99. The van der Waals surface area contributed by atoms with Crippen molar-refractivity contribution in [2.45, 2.75) is 59.3 Å². The third-order valence-electron chi connectivity index (χ3n) is 4.29. The number of benzene rings is 2. The van der Waals surface area contributed by atoms with Crippen LogP contribution < -0.4 is 0 Å². The lowest BCUT2D eigenvalue weighted by molar-refractivity contribution is 0.0979. The van der Waals surface area contributed by atoms with Gasteiger partial charge in [0.15, 0.2) is 5.78 Å². The van der Waals surface area contributed by atoms with E-state index in [4.69, 9.17) is 0 Å². The second-order valence-corrected chi connectivity index (χ2v) is 7.04. The fraction of sp³-hybridized carbons (Fsp3) is 0.476. The molecule has 0 saturated carbocycles. The number of hydrogen-bond donors (Lipinski definition) is 0. The van der Waals surface area contributed by atoms with Crippen molar-refractivity contribution < 1.29 is 4.79 Å². The summed E-state index contributed by atoms with van der Waals surface area (Å²) in [4.78, 5) is 12.3. The molecule has 0 radical (unpaired) electrons. The summed E-state index contributed by atoms with van der Waals surface area (Å²) in [6.07, 6.45) is 4.03. The predicted octanol–water partition coefficient (Wildman–Crippen LogP) is 6.36. The highest BCUT2D eigenvalue weighted by molar-refractivity contribution is 6.00. The summed E-state index contributed by atoms with van der Waals surface area (Å²) < 4.78 is 0. The lowest BCUT2D eigenvalue weighted by atomic mass is 9.96. The van der Waals surface area contributed by atoms with Crippen LogP contribution in [0.3, 0.4) is 0 Å². The van der Waals surface area contributed by atoms with Crippen molar-refractivity contribution >= 4 is 16.6 Å². The third kappa shape index (κ3) is 4.43. The van der Waals surface area contributed by atoms with Crippen LogP contribution in [-0.4, -0.2) is 5.78 Å². The van der Waals surface area contributed by atoms with Crippen LogP contribution in [0.15, 0.2) is 36.4 Å². The molecule has 0 saturated heterocycles. The smallest absolute Gasteiger partial charge is 0.162 e. The number of carbonyl (C=O) groups is 1. The number of Topliss-reactive ketones (excluding diaryl/α,β-unsaturated/α-hetero) is 1. The van der Waals surface area contributed by atoms with Crippen LogP contribution >= 0.6 is 0 Å². The zero-order valence-corrected chi connectivity index (χ0v) is 14.4. The molecule has 0 aromatic heterocycles. The molecular weight excluding hydrogens is 268 g/mol. The Morgan fingerprint density at radius 3 is 2.27 bits per heavy atom. The van der Waals surface area contributed by atoms with Crippen molar-refractivity contribution in [3.63, 3.8) is 0 Å². The highest BCUT2D eigenvalue weighted by atomic mass is 16.1. The maximum atomic E-state index is 12.3. The van der Waals surface area contributed by atoms with E-state index in [1.807, 2.05) is 12.1 Å². The maximum absolute atomic E-state index is 12.3. The fourth-order valence-corrected chi connectivity index (χ4v) is 2.78. The van der Waals surface area contributed by atoms with E-state index < -0.39 is 0 Å². The Balaban J connectivity index is 2.05. The summed E-state index contributed by atoms with van der Waals surface area (Å²) in [5, 5.41) is 2.39. The molecule has 0 aliphatic carbocycles. The summed E-state index contributed by atoms with van der Waals surface area (Å²) in [6, 6.07) is 12.7. The first-order valence-electron chi connectivity index (χ1n) is 8.54. The van der Waals surface area contributed by atoms with Crippen molar-refractivity contribution in [1.29, 1.82) is 0 Å². The van der Waals surface area contributed by atoms with Gasteiger partial charge in [-0.15, -0.1) is 0 Å². The second-order valence-electron chi connectivity index (χ2n) is 7.04. The van der Waals surface area contributed by atoms with Crippen molar-refractivity contribution in [3.8, 4) is 0 Å². The molecule has 0 atom stereocenters. The van der Waals surface area contributed by atoms with Gasteiger partial charge in [0, 0.05) is 12.0 Å². The molecule has 0 aliphatic heterocycles. The van der Waals surface area contributed by atoms with Crippen LogP contribution in [0, 0.1) is 5.92 Å². The molecule has 0 heterocycles. The number of carbonyl (C=O) groups excluding carboxylic acids is 1. The number of fused-ring (bicyclic) bond motifs is 1. The van der Waals surface area contributed by atoms with E-state index in [2.05, 4.69) is 52.0 Å². The van der Waals surface area contributed by atoms with Gasteiger partial charge in [-0.3, -0.25) is 4.79 Å². The summed E-state index contributed by atoms with van der Waals surface area (Å²) >= 11 is 0. The maximum Gasteiger partial charge on any atom is 0.162 e. The molecule has 2 aromatic rings. The van der Waals surface area contributed by atoms with Crippen LogP contribution in [0.2, 0.25) is 0 Å². The van der Waals surface area contributed by atoms with Crippen LogP contribution in [0.5, 0.6) is 0 Å². The van der Waals surface area contributed by atoms with Gasteiger partial charge in [0.1, 0.15) is 0 Å². The summed E-state index contributed by atoms with van der Waals surface area (Å²) in [5.74, 6) is 1.54. The summed E-state index contributed by atoms with van der Waals surface area (Å²) in [6.45, 7) is 8.87. The molecule has 0 aliphatic rings. The SMILES string of the molecule is CC(C)CCCCC(=O)c1ccc2cc(C(C)C)ccc2c1. The van der Waals surface area contributed by atoms with E-state index in [0.29, 0.717) is 12.3 Å². The minimum absolute atomic E-state index is 0.276. The molecule has 0 spiro atoms. The normalized spacial score (nSPS) is 11.5. The highest BCUT2D eigenvalue weighted by Gasteiger charge is 2.08. The molecule has 0 N–H and O–H groups in total. The van der Waals surface area contributed by atoms with E-state index in [-0.39, 0.29) is 5.78 Å². The Hall–Kier alpha value is -1.63. The Morgan fingerprint density at radius 1 is 0.909 bits per heavy atom.